The minimum Gasteiger partial charge on any atom is -0.508 e. The molecule has 1 aromatic carbocycles. The zero-order valence-electron chi connectivity index (χ0n) is 11.0. The molecule has 1 atom stereocenters. The van der Waals surface area contributed by atoms with Crippen LogP contribution in [0.2, 0.25) is 0 Å². The second kappa shape index (κ2) is 5.93. The standard InChI is InChI=1S/C14H20N2O3/c1-9(12-8-11(17)4-5-13(12)18)15-7-6-14(19)16-10-2-3-10/h4-5,8-10,15,17-18H,2-3,6-7H2,1H3,(H,16,19). The molecule has 0 aliphatic heterocycles. The number of benzene rings is 1. The lowest BCUT2D eigenvalue weighted by atomic mass is 10.1. The van der Waals surface area contributed by atoms with Gasteiger partial charge in [0, 0.05) is 30.6 Å². The van der Waals surface area contributed by atoms with Crippen molar-refractivity contribution in [1.82, 2.24) is 10.6 Å². The van der Waals surface area contributed by atoms with Crippen molar-refractivity contribution in [2.45, 2.75) is 38.3 Å². The summed E-state index contributed by atoms with van der Waals surface area (Å²) < 4.78 is 0. The maximum atomic E-state index is 11.5. The molecule has 19 heavy (non-hydrogen) atoms. The molecule has 1 unspecified atom stereocenters. The summed E-state index contributed by atoms with van der Waals surface area (Å²) in [4.78, 5) is 11.5. The highest BCUT2D eigenvalue weighted by Crippen LogP contribution is 2.27. The Hall–Kier alpha value is -1.75. The Bertz CT molecular complexity index is 458. The van der Waals surface area contributed by atoms with Gasteiger partial charge in [0.2, 0.25) is 5.91 Å². The quantitative estimate of drug-likeness (QED) is 0.586. The highest BCUT2D eigenvalue weighted by molar-refractivity contribution is 5.76. The number of phenols is 2. The van der Waals surface area contributed by atoms with Gasteiger partial charge < -0.3 is 20.8 Å². The predicted molar refractivity (Wildman–Crippen MR) is 72.0 cm³/mol. The van der Waals surface area contributed by atoms with Crippen molar-refractivity contribution >= 4 is 5.91 Å². The predicted octanol–water partition coefficient (Wildman–Crippen LogP) is 1.42. The van der Waals surface area contributed by atoms with Crippen molar-refractivity contribution in [3.63, 3.8) is 0 Å². The lowest BCUT2D eigenvalue weighted by Crippen LogP contribution is -2.30. The molecule has 0 bridgehead atoms. The van der Waals surface area contributed by atoms with Crippen molar-refractivity contribution < 1.29 is 15.0 Å². The van der Waals surface area contributed by atoms with Crippen molar-refractivity contribution in [2.75, 3.05) is 6.54 Å². The van der Waals surface area contributed by atoms with E-state index in [-0.39, 0.29) is 23.4 Å². The first kappa shape index (κ1) is 13.7. The first-order valence-electron chi connectivity index (χ1n) is 6.61. The van der Waals surface area contributed by atoms with Crippen LogP contribution in [-0.4, -0.2) is 28.7 Å². The summed E-state index contributed by atoms with van der Waals surface area (Å²) in [5, 5.41) is 25.2. The van der Waals surface area contributed by atoms with Crippen LogP contribution in [0.15, 0.2) is 18.2 Å². The molecule has 104 valence electrons. The van der Waals surface area contributed by atoms with Gasteiger partial charge in [0.05, 0.1) is 0 Å². The Morgan fingerprint density at radius 3 is 2.84 bits per heavy atom. The van der Waals surface area contributed by atoms with E-state index in [0.29, 0.717) is 24.6 Å². The molecule has 1 aliphatic carbocycles. The SMILES string of the molecule is CC(NCCC(=O)NC1CC1)c1cc(O)ccc1O. The number of hydrogen-bond acceptors (Lipinski definition) is 4. The Kier molecular flexibility index (Phi) is 4.27. The maximum absolute atomic E-state index is 11.5. The van der Waals surface area contributed by atoms with Gasteiger partial charge in [0.25, 0.3) is 0 Å². The van der Waals surface area contributed by atoms with Crippen LogP contribution < -0.4 is 10.6 Å². The van der Waals surface area contributed by atoms with Gasteiger partial charge in [0.1, 0.15) is 11.5 Å². The van der Waals surface area contributed by atoms with Crippen LogP contribution >= 0.6 is 0 Å². The van der Waals surface area contributed by atoms with E-state index in [1.807, 2.05) is 6.92 Å². The summed E-state index contributed by atoms with van der Waals surface area (Å²) in [6.45, 7) is 2.42. The maximum Gasteiger partial charge on any atom is 0.221 e. The molecule has 0 radical (unpaired) electrons. The van der Waals surface area contributed by atoms with Crippen molar-refractivity contribution in [3.05, 3.63) is 23.8 Å². The molecule has 5 nitrogen and oxygen atoms in total. The van der Waals surface area contributed by atoms with Crippen molar-refractivity contribution in [3.8, 4) is 11.5 Å². The number of amides is 1. The average Bonchev–Trinajstić information content (AvgIpc) is 3.16. The summed E-state index contributed by atoms with van der Waals surface area (Å²) >= 11 is 0. The summed E-state index contributed by atoms with van der Waals surface area (Å²) in [6.07, 6.45) is 2.60. The zero-order chi connectivity index (χ0) is 13.8. The summed E-state index contributed by atoms with van der Waals surface area (Å²) in [5.41, 5.74) is 0.627. The van der Waals surface area contributed by atoms with Crippen LogP contribution in [0.1, 0.15) is 37.8 Å². The fourth-order valence-electron chi connectivity index (χ4n) is 1.93. The molecule has 1 aliphatic rings. The molecule has 0 heterocycles. The average molecular weight is 264 g/mol. The fourth-order valence-corrected chi connectivity index (χ4v) is 1.93. The Balaban J connectivity index is 1.78. The molecule has 4 N–H and O–H groups in total. The van der Waals surface area contributed by atoms with Crippen LogP contribution in [0.5, 0.6) is 11.5 Å². The molecule has 1 amide bonds. The van der Waals surface area contributed by atoms with Crippen LogP contribution in [0.3, 0.4) is 0 Å². The minimum atomic E-state index is -0.124. The normalized spacial score (nSPS) is 16.1. The Morgan fingerprint density at radius 1 is 1.42 bits per heavy atom. The van der Waals surface area contributed by atoms with Gasteiger partial charge in [-0.3, -0.25) is 4.79 Å². The minimum absolute atomic E-state index is 0.0577. The second-order valence-corrected chi connectivity index (χ2v) is 5.01. The van der Waals surface area contributed by atoms with E-state index in [1.54, 1.807) is 0 Å². The number of nitrogens with one attached hydrogen (secondary N) is 2. The number of hydrogen-bond donors (Lipinski definition) is 4. The van der Waals surface area contributed by atoms with Gasteiger partial charge >= 0.3 is 0 Å². The fraction of sp³-hybridized carbons (Fsp3) is 0.500. The largest absolute Gasteiger partial charge is 0.508 e. The monoisotopic (exact) mass is 264 g/mol. The van der Waals surface area contributed by atoms with E-state index in [2.05, 4.69) is 10.6 Å². The van der Waals surface area contributed by atoms with Gasteiger partial charge in [0.15, 0.2) is 0 Å². The van der Waals surface area contributed by atoms with Gasteiger partial charge in [-0.05, 0) is 38.0 Å². The zero-order valence-corrected chi connectivity index (χ0v) is 11.0. The topological polar surface area (TPSA) is 81.6 Å². The van der Waals surface area contributed by atoms with E-state index in [0.717, 1.165) is 12.8 Å². The number of aromatic hydroxyl groups is 2. The van der Waals surface area contributed by atoms with Gasteiger partial charge in [-0.1, -0.05) is 0 Å². The molecule has 0 aromatic heterocycles. The number of carbonyl (C=O) groups is 1. The van der Waals surface area contributed by atoms with Gasteiger partial charge in [-0.15, -0.1) is 0 Å². The molecule has 0 spiro atoms. The molecule has 0 saturated heterocycles. The first-order valence-corrected chi connectivity index (χ1v) is 6.61. The highest BCUT2D eigenvalue weighted by atomic mass is 16.3. The third-order valence-electron chi connectivity index (χ3n) is 3.22. The van der Waals surface area contributed by atoms with Crippen LogP contribution in [0.4, 0.5) is 0 Å². The third kappa shape index (κ3) is 4.13. The molecular weight excluding hydrogens is 244 g/mol. The molecule has 5 heteroatoms. The van der Waals surface area contributed by atoms with E-state index in [1.165, 1.54) is 18.2 Å². The molecule has 1 saturated carbocycles. The third-order valence-corrected chi connectivity index (χ3v) is 3.22. The molecule has 1 aromatic rings. The molecule has 1 fully saturated rings. The Morgan fingerprint density at radius 2 is 2.16 bits per heavy atom. The van der Waals surface area contributed by atoms with Crippen LogP contribution in [0.25, 0.3) is 0 Å². The summed E-state index contributed by atoms with van der Waals surface area (Å²) in [6, 6.07) is 4.69. The second-order valence-electron chi connectivity index (χ2n) is 5.01. The summed E-state index contributed by atoms with van der Waals surface area (Å²) in [7, 11) is 0. The highest BCUT2D eigenvalue weighted by Gasteiger charge is 2.22. The molecular formula is C14H20N2O3. The summed E-state index contributed by atoms with van der Waals surface area (Å²) in [5.74, 6) is 0.315. The lowest BCUT2D eigenvalue weighted by molar-refractivity contribution is -0.121. The lowest BCUT2D eigenvalue weighted by Gasteiger charge is -2.15. The van der Waals surface area contributed by atoms with E-state index in [4.69, 9.17) is 0 Å². The Labute approximate surface area is 112 Å². The number of carbonyl (C=O) groups excluding carboxylic acids is 1. The first-order chi connectivity index (χ1) is 9.06. The van der Waals surface area contributed by atoms with Gasteiger partial charge in [-0.25, -0.2) is 0 Å². The number of rotatable bonds is 6. The van der Waals surface area contributed by atoms with E-state index < -0.39 is 0 Å². The smallest absolute Gasteiger partial charge is 0.221 e. The van der Waals surface area contributed by atoms with E-state index in [9.17, 15) is 15.0 Å². The van der Waals surface area contributed by atoms with Crippen molar-refractivity contribution in [2.24, 2.45) is 0 Å². The van der Waals surface area contributed by atoms with E-state index >= 15 is 0 Å². The number of phenolic OH excluding ortho intramolecular Hbond substituents is 2. The van der Waals surface area contributed by atoms with Gasteiger partial charge in [-0.2, -0.15) is 0 Å². The van der Waals surface area contributed by atoms with Crippen LogP contribution in [0, 0.1) is 0 Å². The van der Waals surface area contributed by atoms with Crippen molar-refractivity contribution in [1.29, 1.82) is 0 Å². The van der Waals surface area contributed by atoms with Crippen LogP contribution in [-0.2, 0) is 4.79 Å². The molecule has 2 rings (SSSR count).